The van der Waals surface area contributed by atoms with Crippen LogP contribution in [0.2, 0.25) is 0 Å². The molecule has 0 amide bonds. The van der Waals surface area contributed by atoms with Gasteiger partial charge in [0, 0.05) is 9.50 Å². The fourth-order valence-corrected chi connectivity index (χ4v) is 4.92. The fraction of sp³-hybridized carbons (Fsp3) is 0.200. The highest BCUT2D eigenvalue weighted by molar-refractivity contribution is 14.1. The van der Waals surface area contributed by atoms with E-state index in [0.29, 0.717) is 11.8 Å². The van der Waals surface area contributed by atoms with E-state index in [1.54, 1.807) is 0 Å². The molecule has 2 aromatic carbocycles. The molecule has 0 radical (unpaired) electrons. The van der Waals surface area contributed by atoms with Crippen molar-refractivity contribution >= 4 is 45.0 Å². The van der Waals surface area contributed by atoms with Crippen LogP contribution in [0.15, 0.2) is 75.9 Å². The summed E-state index contributed by atoms with van der Waals surface area (Å²) in [5.41, 5.74) is 7.14. The Balaban J connectivity index is 1.55. The molecule has 3 aliphatic carbocycles. The van der Waals surface area contributed by atoms with Crippen molar-refractivity contribution in [3.05, 3.63) is 92.6 Å². The number of halogens is 1. The normalized spacial score (nSPS) is 23.8. The fourth-order valence-electron chi connectivity index (χ4n) is 4.36. The number of rotatable bonds is 1. The number of allylic oxidation sites excluding steroid dienone is 9. The summed E-state index contributed by atoms with van der Waals surface area (Å²) in [5, 5.41) is 2.74. The summed E-state index contributed by atoms with van der Waals surface area (Å²) < 4.78 is 1.32. The first-order chi connectivity index (χ1) is 12.7. The Hall–Kier alpha value is -1.87. The van der Waals surface area contributed by atoms with Gasteiger partial charge in [-0.1, -0.05) is 67.6 Å². The molecule has 2 atom stereocenters. The molecule has 0 heterocycles. The molecule has 0 aromatic heterocycles. The van der Waals surface area contributed by atoms with Crippen molar-refractivity contribution in [2.45, 2.75) is 19.8 Å². The minimum absolute atomic E-state index is 0.525. The first-order valence-corrected chi connectivity index (χ1v) is 10.5. The van der Waals surface area contributed by atoms with Crippen LogP contribution in [0.4, 0.5) is 0 Å². The van der Waals surface area contributed by atoms with Gasteiger partial charge < -0.3 is 0 Å². The quantitative estimate of drug-likeness (QED) is 0.403. The van der Waals surface area contributed by atoms with Crippen LogP contribution in [0.5, 0.6) is 0 Å². The predicted octanol–water partition coefficient (Wildman–Crippen LogP) is 7.26. The molecule has 5 rings (SSSR count). The zero-order valence-corrected chi connectivity index (χ0v) is 17.0. The van der Waals surface area contributed by atoms with Crippen molar-refractivity contribution in [3.63, 3.8) is 0 Å². The second-order valence-corrected chi connectivity index (χ2v) is 8.92. The van der Waals surface area contributed by atoms with Crippen LogP contribution in [0.3, 0.4) is 0 Å². The predicted molar refractivity (Wildman–Crippen MR) is 121 cm³/mol. The highest BCUT2D eigenvalue weighted by atomic mass is 127. The van der Waals surface area contributed by atoms with Crippen molar-refractivity contribution in [2.24, 2.45) is 11.8 Å². The molecule has 0 aliphatic heterocycles. The van der Waals surface area contributed by atoms with Gasteiger partial charge in [-0.05, 0) is 92.1 Å². The minimum Gasteiger partial charge on any atom is -0.0807 e. The lowest BCUT2D eigenvalue weighted by atomic mass is 9.81. The van der Waals surface area contributed by atoms with E-state index in [1.807, 2.05) is 0 Å². The minimum atomic E-state index is 0.525. The summed E-state index contributed by atoms with van der Waals surface area (Å²) >= 11 is 2.40. The Morgan fingerprint density at radius 2 is 1.88 bits per heavy atom. The smallest absolute Gasteiger partial charge is 0.0130 e. The third-order valence-corrected chi connectivity index (χ3v) is 6.46. The van der Waals surface area contributed by atoms with E-state index in [2.05, 4.69) is 102 Å². The molecule has 0 fully saturated rings. The molecule has 128 valence electrons. The highest BCUT2D eigenvalue weighted by Crippen LogP contribution is 2.38. The summed E-state index contributed by atoms with van der Waals surface area (Å²) in [5.74, 6) is 1.17. The molecule has 2 unspecified atom stereocenters. The van der Waals surface area contributed by atoms with Crippen molar-refractivity contribution in [1.29, 1.82) is 0 Å². The van der Waals surface area contributed by atoms with Gasteiger partial charge in [-0.15, -0.1) is 0 Å². The molecule has 1 heteroatoms. The third kappa shape index (κ3) is 2.83. The topological polar surface area (TPSA) is 0 Å². The maximum absolute atomic E-state index is 2.40. The molecular formula is C25H21I. The lowest BCUT2D eigenvalue weighted by Crippen LogP contribution is -2.07. The van der Waals surface area contributed by atoms with E-state index in [1.165, 1.54) is 42.2 Å². The molecule has 0 nitrogen and oxygen atoms in total. The van der Waals surface area contributed by atoms with Crippen LogP contribution in [0.1, 0.15) is 30.0 Å². The van der Waals surface area contributed by atoms with Gasteiger partial charge >= 0.3 is 0 Å². The molecule has 0 N–H and O–H groups in total. The van der Waals surface area contributed by atoms with Gasteiger partial charge in [0.15, 0.2) is 0 Å². The Labute approximate surface area is 168 Å². The second kappa shape index (κ2) is 6.38. The summed E-state index contributed by atoms with van der Waals surface area (Å²) in [6.45, 7) is 2.29. The summed E-state index contributed by atoms with van der Waals surface area (Å²) in [6.07, 6.45) is 18.4. The number of fused-ring (bicyclic) bond motifs is 4. The Morgan fingerprint density at radius 3 is 2.81 bits per heavy atom. The van der Waals surface area contributed by atoms with Gasteiger partial charge in [-0.25, -0.2) is 0 Å². The molecular weight excluding hydrogens is 427 g/mol. The summed E-state index contributed by atoms with van der Waals surface area (Å²) in [7, 11) is 0. The Morgan fingerprint density at radius 1 is 0.962 bits per heavy atom. The van der Waals surface area contributed by atoms with Crippen molar-refractivity contribution < 1.29 is 0 Å². The van der Waals surface area contributed by atoms with Gasteiger partial charge in [-0.3, -0.25) is 0 Å². The summed E-state index contributed by atoms with van der Waals surface area (Å²) in [4.78, 5) is 0. The zero-order valence-electron chi connectivity index (χ0n) is 14.9. The number of hydrogen-bond donors (Lipinski definition) is 0. The van der Waals surface area contributed by atoms with Crippen molar-refractivity contribution in [3.8, 4) is 0 Å². The number of hydrogen-bond acceptors (Lipinski definition) is 0. The first kappa shape index (κ1) is 16.3. The van der Waals surface area contributed by atoms with E-state index in [9.17, 15) is 0 Å². The molecule has 0 bridgehead atoms. The Kier molecular flexibility index (Phi) is 4.00. The standard InChI is InChI=1S/C25H21I/c1-16-2-10-24-21(12-16)5-6-22-14-19(8-11-25(22)24)17-3-4-20-15-23(26)9-7-18(20)13-17/h2-11,14-16,18H,12-13H2,1H3. The maximum Gasteiger partial charge on any atom is 0.0130 e. The van der Waals surface area contributed by atoms with Crippen LogP contribution < -0.4 is 0 Å². The van der Waals surface area contributed by atoms with Crippen LogP contribution in [0.25, 0.3) is 22.4 Å². The summed E-state index contributed by atoms with van der Waals surface area (Å²) in [6, 6.07) is 11.6. The lowest BCUT2D eigenvalue weighted by molar-refractivity contribution is 0.718. The van der Waals surface area contributed by atoms with Gasteiger partial charge in [0.25, 0.3) is 0 Å². The van der Waals surface area contributed by atoms with E-state index < -0.39 is 0 Å². The van der Waals surface area contributed by atoms with Crippen LogP contribution in [-0.2, 0) is 6.42 Å². The van der Waals surface area contributed by atoms with Crippen LogP contribution in [-0.4, -0.2) is 0 Å². The van der Waals surface area contributed by atoms with E-state index in [-0.39, 0.29) is 0 Å². The van der Waals surface area contributed by atoms with Crippen molar-refractivity contribution in [1.82, 2.24) is 0 Å². The molecule has 0 saturated carbocycles. The monoisotopic (exact) mass is 448 g/mol. The molecule has 0 spiro atoms. The molecule has 3 aliphatic rings. The Bertz CT molecular complexity index is 1060. The molecule has 2 aromatic rings. The maximum atomic E-state index is 2.40. The SMILES string of the molecule is CC1C=Cc2c(ccc3cc(C4=CC=C5C=C(I)C=CC5C4)ccc23)C1. The van der Waals surface area contributed by atoms with Crippen molar-refractivity contribution in [2.75, 3.05) is 0 Å². The molecule has 0 saturated heterocycles. The zero-order chi connectivity index (χ0) is 17.7. The largest absolute Gasteiger partial charge is 0.0807 e. The van der Waals surface area contributed by atoms with Gasteiger partial charge in [0.1, 0.15) is 0 Å². The van der Waals surface area contributed by atoms with Gasteiger partial charge in [-0.2, -0.15) is 0 Å². The highest BCUT2D eigenvalue weighted by Gasteiger charge is 2.20. The van der Waals surface area contributed by atoms with E-state index in [4.69, 9.17) is 0 Å². The van der Waals surface area contributed by atoms with E-state index in [0.717, 1.165) is 12.8 Å². The average molecular weight is 448 g/mol. The average Bonchev–Trinajstić information content (AvgIpc) is 2.66. The number of benzene rings is 2. The van der Waals surface area contributed by atoms with Gasteiger partial charge in [0.2, 0.25) is 0 Å². The van der Waals surface area contributed by atoms with Gasteiger partial charge in [0.05, 0.1) is 0 Å². The van der Waals surface area contributed by atoms with Crippen LogP contribution in [0, 0.1) is 11.8 Å². The lowest BCUT2D eigenvalue weighted by Gasteiger charge is -2.24. The van der Waals surface area contributed by atoms with E-state index >= 15 is 0 Å². The van der Waals surface area contributed by atoms with Crippen LogP contribution >= 0.6 is 22.6 Å². The second-order valence-electron chi connectivity index (χ2n) is 7.67. The first-order valence-electron chi connectivity index (χ1n) is 9.38. The third-order valence-electron chi connectivity index (χ3n) is 5.79. The molecule has 26 heavy (non-hydrogen) atoms.